The Bertz CT molecular complexity index is 411. The van der Waals surface area contributed by atoms with Gasteiger partial charge in [-0.05, 0) is 23.3 Å². The van der Waals surface area contributed by atoms with Gasteiger partial charge >= 0.3 is 0 Å². The van der Waals surface area contributed by atoms with E-state index in [2.05, 4.69) is 9.97 Å². The minimum atomic E-state index is 0. The van der Waals surface area contributed by atoms with Crippen molar-refractivity contribution in [3.63, 3.8) is 0 Å². The van der Waals surface area contributed by atoms with E-state index in [-0.39, 0.29) is 24.8 Å². The highest BCUT2D eigenvalue weighted by Gasteiger charge is 2.01. The molecule has 0 unspecified atom stereocenters. The van der Waals surface area contributed by atoms with Crippen molar-refractivity contribution in [1.29, 1.82) is 0 Å². The van der Waals surface area contributed by atoms with Crippen molar-refractivity contribution < 1.29 is 0 Å². The van der Waals surface area contributed by atoms with Gasteiger partial charge in [0.25, 0.3) is 0 Å². The second kappa shape index (κ2) is 8.54. The highest BCUT2D eigenvalue weighted by Crippen LogP contribution is 2.15. The number of aromatic nitrogens is 2. The molecule has 0 aliphatic rings. The van der Waals surface area contributed by atoms with Crippen molar-refractivity contribution in [2.24, 2.45) is 0 Å². The van der Waals surface area contributed by atoms with Gasteiger partial charge in [0, 0.05) is 24.2 Å². The minimum Gasteiger partial charge on any atom is -0.254 e. The molecule has 0 aliphatic heterocycles. The van der Waals surface area contributed by atoms with E-state index in [4.69, 9.17) is 23.2 Å². The van der Waals surface area contributed by atoms with Crippen LogP contribution < -0.4 is 0 Å². The summed E-state index contributed by atoms with van der Waals surface area (Å²) < 4.78 is 0. The molecule has 0 saturated heterocycles. The molecule has 2 nitrogen and oxygen atoms in total. The topological polar surface area (TPSA) is 25.8 Å². The normalized spacial score (nSPS) is 9.22. The van der Waals surface area contributed by atoms with Gasteiger partial charge in [0.15, 0.2) is 0 Å². The van der Waals surface area contributed by atoms with Crippen molar-refractivity contribution in [3.05, 3.63) is 47.8 Å². The Kier molecular flexibility index (Phi) is 8.29. The van der Waals surface area contributed by atoms with Crippen LogP contribution in [-0.4, -0.2) is 9.97 Å². The smallest absolute Gasteiger partial charge is 0.0886 e. The molecule has 98 valence electrons. The second-order valence-electron chi connectivity index (χ2n) is 3.37. The molecule has 0 spiro atoms. The largest absolute Gasteiger partial charge is 0.254 e. The summed E-state index contributed by atoms with van der Waals surface area (Å²) >= 11 is 11.4. The lowest BCUT2D eigenvalue weighted by Gasteiger charge is -2.01. The summed E-state index contributed by atoms with van der Waals surface area (Å²) in [4.78, 5) is 8.59. The third kappa shape index (κ3) is 4.29. The molecule has 0 amide bonds. The lowest BCUT2D eigenvalue weighted by atomic mass is 10.2. The molecule has 0 aromatic carbocycles. The highest BCUT2D eigenvalue weighted by atomic mass is 35.5. The molecule has 0 N–H and O–H groups in total. The first-order chi connectivity index (χ1) is 7.83. The molecular formula is C12H12Cl4N2. The van der Waals surface area contributed by atoms with Gasteiger partial charge < -0.3 is 0 Å². The van der Waals surface area contributed by atoms with Crippen LogP contribution in [0.4, 0.5) is 0 Å². The predicted molar refractivity (Wildman–Crippen MR) is 81.1 cm³/mol. The fraction of sp³-hybridized carbons (Fsp3) is 0.167. The fourth-order valence-electron chi connectivity index (χ4n) is 1.31. The van der Waals surface area contributed by atoms with Gasteiger partial charge in [0.05, 0.1) is 11.4 Å². The Balaban J connectivity index is 0.00000144. The predicted octanol–water partition coefficient (Wildman–Crippen LogP) is 4.46. The van der Waals surface area contributed by atoms with Crippen molar-refractivity contribution in [2.75, 3.05) is 0 Å². The van der Waals surface area contributed by atoms with E-state index in [0.29, 0.717) is 11.8 Å². The van der Waals surface area contributed by atoms with Crippen LogP contribution in [0.2, 0.25) is 0 Å². The molecule has 2 aromatic heterocycles. The Morgan fingerprint density at radius 2 is 1.11 bits per heavy atom. The van der Waals surface area contributed by atoms with Crippen LogP contribution in [0.25, 0.3) is 11.4 Å². The molecule has 0 fully saturated rings. The van der Waals surface area contributed by atoms with E-state index in [0.717, 1.165) is 22.5 Å². The van der Waals surface area contributed by atoms with Crippen molar-refractivity contribution in [1.82, 2.24) is 9.97 Å². The summed E-state index contributed by atoms with van der Waals surface area (Å²) in [5.74, 6) is 0.956. The molecule has 2 aromatic rings. The Hall–Kier alpha value is -0.540. The van der Waals surface area contributed by atoms with E-state index >= 15 is 0 Å². The number of rotatable bonds is 3. The van der Waals surface area contributed by atoms with E-state index in [1.54, 1.807) is 12.4 Å². The zero-order valence-electron chi connectivity index (χ0n) is 9.35. The maximum absolute atomic E-state index is 5.69. The zero-order valence-corrected chi connectivity index (χ0v) is 12.5. The summed E-state index contributed by atoms with van der Waals surface area (Å²) in [6.07, 6.45) is 3.53. The van der Waals surface area contributed by atoms with Gasteiger partial charge in [-0.25, -0.2) is 0 Å². The maximum Gasteiger partial charge on any atom is 0.0886 e. The van der Waals surface area contributed by atoms with Gasteiger partial charge in [-0.1, -0.05) is 12.1 Å². The maximum atomic E-state index is 5.69. The Morgan fingerprint density at radius 3 is 1.33 bits per heavy atom. The Labute approximate surface area is 129 Å². The van der Waals surface area contributed by atoms with Crippen LogP contribution in [0.3, 0.4) is 0 Å². The number of halogens is 4. The summed E-state index contributed by atoms with van der Waals surface area (Å²) in [7, 11) is 0. The molecule has 0 aliphatic carbocycles. The third-order valence-corrected chi connectivity index (χ3v) is 2.84. The van der Waals surface area contributed by atoms with Crippen LogP contribution >= 0.6 is 48.0 Å². The summed E-state index contributed by atoms with van der Waals surface area (Å²) in [5, 5.41) is 0. The van der Waals surface area contributed by atoms with Gasteiger partial charge in [0.2, 0.25) is 0 Å². The van der Waals surface area contributed by atoms with Crippen LogP contribution in [-0.2, 0) is 11.8 Å². The van der Waals surface area contributed by atoms with Gasteiger partial charge in [-0.3, -0.25) is 9.97 Å². The average molecular weight is 326 g/mol. The molecule has 18 heavy (non-hydrogen) atoms. The lowest BCUT2D eigenvalue weighted by molar-refractivity contribution is 1.19. The van der Waals surface area contributed by atoms with E-state index in [1.807, 2.05) is 24.3 Å². The van der Waals surface area contributed by atoms with E-state index < -0.39 is 0 Å². The standard InChI is InChI=1S/C12H10Cl2N2.2ClH/c13-5-9-1-3-11(15-7-9)12-4-2-10(6-14)8-16-12;;/h1-4,7-8H,5-6H2;2*1H. The van der Waals surface area contributed by atoms with Gasteiger partial charge in [0.1, 0.15) is 0 Å². The number of nitrogens with zero attached hydrogens (tertiary/aromatic N) is 2. The molecular weight excluding hydrogens is 314 g/mol. The quantitative estimate of drug-likeness (QED) is 0.778. The summed E-state index contributed by atoms with van der Waals surface area (Å²) in [5.41, 5.74) is 3.69. The van der Waals surface area contributed by atoms with Crippen LogP contribution in [0.1, 0.15) is 11.1 Å². The fourth-order valence-corrected chi connectivity index (χ4v) is 1.63. The van der Waals surface area contributed by atoms with E-state index in [1.165, 1.54) is 0 Å². The molecule has 2 heterocycles. The molecule has 0 bridgehead atoms. The Morgan fingerprint density at radius 1 is 0.722 bits per heavy atom. The monoisotopic (exact) mass is 324 g/mol. The first-order valence-corrected chi connectivity index (χ1v) is 5.92. The van der Waals surface area contributed by atoms with E-state index in [9.17, 15) is 0 Å². The van der Waals surface area contributed by atoms with Crippen molar-refractivity contribution in [2.45, 2.75) is 11.8 Å². The first kappa shape index (κ1) is 17.5. The highest BCUT2D eigenvalue weighted by molar-refractivity contribution is 6.17. The molecule has 0 radical (unpaired) electrons. The van der Waals surface area contributed by atoms with Crippen LogP contribution in [0.5, 0.6) is 0 Å². The number of pyridine rings is 2. The van der Waals surface area contributed by atoms with Gasteiger partial charge in [-0.2, -0.15) is 0 Å². The van der Waals surface area contributed by atoms with Gasteiger partial charge in [-0.15, -0.1) is 48.0 Å². The van der Waals surface area contributed by atoms with Crippen molar-refractivity contribution >= 4 is 48.0 Å². The average Bonchev–Trinajstić information content (AvgIpc) is 2.39. The molecule has 2 rings (SSSR count). The second-order valence-corrected chi connectivity index (χ2v) is 3.91. The van der Waals surface area contributed by atoms with Crippen molar-refractivity contribution in [3.8, 4) is 11.4 Å². The molecule has 6 heteroatoms. The number of hydrogen-bond acceptors (Lipinski definition) is 2. The van der Waals surface area contributed by atoms with Crippen LogP contribution in [0, 0.1) is 0 Å². The number of hydrogen-bond donors (Lipinski definition) is 0. The SMILES string of the molecule is Cl.Cl.ClCc1ccc(-c2ccc(CCl)cn2)nc1. The first-order valence-electron chi connectivity index (χ1n) is 4.85. The lowest BCUT2D eigenvalue weighted by Crippen LogP contribution is -1.89. The third-order valence-electron chi connectivity index (χ3n) is 2.22. The van der Waals surface area contributed by atoms with Crippen LogP contribution in [0.15, 0.2) is 36.7 Å². The summed E-state index contributed by atoms with van der Waals surface area (Å²) in [6, 6.07) is 7.74. The number of alkyl halides is 2. The zero-order chi connectivity index (χ0) is 11.4. The molecule has 0 saturated carbocycles. The molecule has 0 atom stereocenters. The minimum absolute atomic E-state index is 0. The summed E-state index contributed by atoms with van der Waals surface area (Å²) in [6.45, 7) is 0.